The molecule has 2 aromatic carbocycles. The van der Waals surface area contributed by atoms with Crippen molar-refractivity contribution in [3.05, 3.63) is 68.5 Å². The quantitative estimate of drug-likeness (QED) is 0.675. The molecule has 0 unspecified atom stereocenters. The van der Waals surface area contributed by atoms with Crippen LogP contribution in [0.3, 0.4) is 0 Å². The van der Waals surface area contributed by atoms with Crippen molar-refractivity contribution in [2.45, 2.75) is 13.5 Å². The summed E-state index contributed by atoms with van der Waals surface area (Å²) in [7, 11) is 0. The largest absolute Gasteiger partial charge is 0.375 e. The Kier molecular flexibility index (Phi) is 4.20. The zero-order valence-corrected chi connectivity index (χ0v) is 11.4. The summed E-state index contributed by atoms with van der Waals surface area (Å²) < 4.78 is 13.0. The number of para-hydroxylation sites is 1. The van der Waals surface area contributed by atoms with E-state index < -0.39 is 10.7 Å². The summed E-state index contributed by atoms with van der Waals surface area (Å²) in [6.07, 6.45) is 0. The van der Waals surface area contributed by atoms with Gasteiger partial charge in [0, 0.05) is 12.1 Å². The molecule has 0 saturated carbocycles. The zero-order valence-electron chi connectivity index (χ0n) is 10.7. The van der Waals surface area contributed by atoms with E-state index in [-0.39, 0.29) is 10.7 Å². The standard InChI is InChI=1S/C14H12ClFN2O2/c1-9-3-2-4-13(14(9)18(19)20)17-8-10-5-6-12(16)11(15)7-10/h2-7,17H,8H2,1H3. The molecule has 0 fully saturated rings. The Hall–Kier alpha value is -2.14. The highest BCUT2D eigenvalue weighted by Gasteiger charge is 2.16. The Balaban J connectivity index is 2.21. The highest BCUT2D eigenvalue weighted by Crippen LogP contribution is 2.28. The molecule has 0 radical (unpaired) electrons. The van der Waals surface area contributed by atoms with Gasteiger partial charge in [0.05, 0.1) is 9.95 Å². The third-order valence-electron chi connectivity index (χ3n) is 2.89. The summed E-state index contributed by atoms with van der Waals surface area (Å²) in [4.78, 5) is 10.6. The van der Waals surface area contributed by atoms with Crippen LogP contribution in [0.2, 0.25) is 5.02 Å². The molecule has 0 atom stereocenters. The van der Waals surface area contributed by atoms with E-state index >= 15 is 0 Å². The van der Waals surface area contributed by atoms with Crippen molar-refractivity contribution in [2.75, 3.05) is 5.32 Å². The number of nitro benzene ring substituents is 1. The van der Waals surface area contributed by atoms with Crippen LogP contribution >= 0.6 is 11.6 Å². The summed E-state index contributed by atoms with van der Waals surface area (Å²) in [5.41, 5.74) is 1.79. The lowest BCUT2D eigenvalue weighted by Gasteiger charge is -2.09. The first kappa shape index (κ1) is 14.3. The summed E-state index contributed by atoms with van der Waals surface area (Å²) in [5.74, 6) is -0.489. The number of hydrogen-bond acceptors (Lipinski definition) is 3. The molecule has 0 aliphatic heterocycles. The van der Waals surface area contributed by atoms with E-state index in [0.29, 0.717) is 17.8 Å². The molecule has 0 bridgehead atoms. The number of hydrogen-bond donors (Lipinski definition) is 1. The van der Waals surface area contributed by atoms with Crippen LogP contribution in [0.15, 0.2) is 36.4 Å². The number of anilines is 1. The number of nitrogens with zero attached hydrogens (tertiary/aromatic N) is 1. The lowest BCUT2D eigenvalue weighted by Crippen LogP contribution is -2.04. The van der Waals surface area contributed by atoms with Gasteiger partial charge in [-0.2, -0.15) is 0 Å². The molecule has 2 aromatic rings. The third-order valence-corrected chi connectivity index (χ3v) is 3.18. The Morgan fingerprint density at radius 1 is 1.35 bits per heavy atom. The molecule has 6 heteroatoms. The molecule has 0 aliphatic rings. The molecule has 4 nitrogen and oxygen atoms in total. The van der Waals surface area contributed by atoms with E-state index in [2.05, 4.69) is 5.32 Å². The molecule has 0 heterocycles. The maximum atomic E-state index is 13.0. The Labute approximate surface area is 120 Å². The van der Waals surface area contributed by atoms with E-state index in [4.69, 9.17) is 11.6 Å². The smallest absolute Gasteiger partial charge is 0.295 e. The van der Waals surface area contributed by atoms with Crippen LogP contribution < -0.4 is 5.32 Å². The first-order chi connectivity index (χ1) is 9.49. The molecule has 20 heavy (non-hydrogen) atoms. The average Bonchev–Trinajstić information content (AvgIpc) is 2.39. The van der Waals surface area contributed by atoms with E-state index in [1.165, 1.54) is 12.1 Å². The van der Waals surface area contributed by atoms with E-state index in [9.17, 15) is 14.5 Å². The summed E-state index contributed by atoms with van der Waals surface area (Å²) in [6.45, 7) is 2.00. The molecular weight excluding hydrogens is 283 g/mol. The summed E-state index contributed by atoms with van der Waals surface area (Å²) >= 11 is 5.69. The van der Waals surface area contributed by atoms with Gasteiger partial charge in [0.1, 0.15) is 11.5 Å². The van der Waals surface area contributed by atoms with Crippen molar-refractivity contribution >= 4 is 23.0 Å². The van der Waals surface area contributed by atoms with E-state index in [0.717, 1.165) is 5.56 Å². The van der Waals surface area contributed by atoms with Gasteiger partial charge in [-0.05, 0) is 30.7 Å². The van der Waals surface area contributed by atoms with Crippen molar-refractivity contribution in [1.29, 1.82) is 0 Å². The monoisotopic (exact) mass is 294 g/mol. The number of halogens is 2. The van der Waals surface area contributed by atoms with Crippen molar-refractivity contribution in [3.8, 4) is 0 Å². The fourth-order valence-corrected chi connectivity index (χ4v) is 2.09. The first-order valence-corrected chi connectivity index (χ1v) is 6.28. The maximum absolute atomic E-state index is 13.0. The molecule has 2 rings (SSSR count). The molecule has 0 spiro atoms. The van der Waals surface area contributed by atoms with Gasteiger partial charge in [0.2, 0.25) is 0 Å². The zero-order chi connectivity index (χ0) is 14.7. The van der Waals surface area contributed by atoms with Crippen LogP contribution in [0.1, 0.15) is 11.1 Å². The SMILES string of the molecule is Cc1cccc(NCc2ccc(F)c(Cl)c2)c1[N+](=O)[O-]. The number of nitrogens with one attached hydrogen (secondary N) is 1. The number of benzene rings is 2. The van der Waals surface area contributed by atoms with Crippen molar-refractivity contribution in [2.24, 2.45) is 0 Å². The second-order valence-corrected chi connectivity index (χ2v) is 4.74. The lowest BCUT2D eigenvalue weighted by atomic mass is 10.1. The fraction of sp³-hybridized carbons (Fsp3) is 0.143. The summed E-state index contributed by atoms with van der Waals surface area (Å²) in [5, 5.41) is 14.1. The minimum Gasteiger partial charge on any atom is -0.375 e. The van der Waals surface area contributed by atoms with Crippen LogP contribution in [0.25, 0.3) is 0 Å². The summed E-state index contributed by atoms with van der Waals surface area (Å²) in [6, 6.07) is 9.39. The topological polar surface area (TPSA) is 55.2 Å². The Morgan fingerprint density at radius 3 is 2.75 bits per heavy atom. The van der Waals surface area contributed by atoms with Crippen LogP contribution in [-0.2, 0) is 6.54 Å². The Morgan fingerprint density at radius 2 is 2.10 bits per heavy atom. The van der Waals surface area contributed by atoms with Gasteiger partial charge in [-0.1, -0.05) is 29.8 Å². The van der Waals surface area contributed by atoms with E-state index in [1.807, 2.05) is 0 Å². The van der Waals surface area contributed by atoms with Gasteiger partial charge in [0.15, 0.2) is 0 Å². The molecular formula is C14H12ClFN2O2. The van der Waals surface area contributed by atoms with Gasteiger partial charge in [0.25, 0.3) is 5.69 Å². The van der Waals surface area contributed by atoms with Gasteiger partial charge >= 0.3 is 0 Å². The molecule has 0 amide bonds. The highest BCUT2D eigenvalue weighted by atomic mass is 35.5. The lowest BCUT2D eigenvalue weighted by molar-refractivity contribution is -0.384. The number of aryl methyl sites for hydroxylation is 1. The highest BCUT2D eigenvalue weighted by molar-refractivity contribution is 6.30. The number of nitro groups is 1. The molecule has 0 aromatic heterocycles. The predicted octanol–water partition coefficient (Wildman–Crippen LogP) is 4.31. The van der Waals surface area contributed by atoms with Crippen molar-refractivity contribution < 1.29 is 9.31 Å². The third kappa shape index (κ3) is 3.05. The Bertz CT molecular complexity index is 662. The normalized spacial score (nSPS) is 10.3. The minimum absolute atomic E-state index is 0.0306. The van der Waals surface area contributed by atoms with Crippen LogP contribution in [0, 0.1) is 22.9 Å². The predicted molar refractivity (Wildman–Crippen MR) is 76.6 cm³/mol. The van der Waals surface area contributed by atoms with Gasteiger partial charge in [-0.3, -0.25) is 10.1 Å². The molecule has 104 valence electrons. The minimum atomic E-state index is -0.489. The van der Waals surface area contributed by atoms with Crippen molar-refractivity contribution in [1.82, 2.24) is 0 Å². The van der Waals surface area contributed by atoms with Crippen LogP contribution in [-0.4, -0.2) is 4.92 Å². The van der Waals surface area contributed by atoms with Crippen LogP contribution in [0.4, 0.5) is 15.8 Å². The van der Waals surface area contributed by atoms with Crippen molar-refractivity contribution in [3.63, 3.8) is 0 Å². The second-order valence-electron chi connectivity index (χ2n) is 4.33. The molecule has 0 aliphatic carbocycles. The first-order valence-electron chi connectivity index (χ1n) is 5.91. The van der Waals surface area contributed by atoms with Gasteiger partial charge < -0.3 is 5.32 Å². The van der Waals surface area contributed by atoms with Crippen LogP contribution in [0.5, 0.6) is 0 Å². The average molecular weight is 295 g/mol. The maximum Gasteiger partial charge on any atom is 0.295 e. The second kappa shape index (κ2) is 5.88. The molecule has 1 N–H and O–H groups in total. The van der Waals surface area contributed by atoms with Gasteiger partial charge in [-0.25, -0.2) is 4.39 Å². The molecule has 0 saturated heterocycles. The van der Waals surface area contributed by atoms with Gasteiger partial charge in [-0.15, -0.1) is 0 Å². The fourth-order valence-electron chi connectivity index (χ4n) is 1.89. The number of rotatable bonds is 4. The van der Waals surface area contributed by atoms with E-state index in [1.54, 1.807) is 31.2 Å².